The summed E-state index contributed by atoms with van der Waals surface area (Å²) in [4.78, 5) is 9.64. The molecule has 1 saturated heterocycles. The predicted molar refractivity (Wildman–Crippen MR) is 31.7 cm³/mol. The van der Waals surface area contributed by atoms with E-state index in [0.29, 0.717) is 6.61 Å². The normalized spacial score (nSPS) is 22.2. The second-order valence-corrected chi connectivity index (χ2v) is 1.16. The Hall–Kier alpha value is 2.70. The predicted octanol–water partition coefficient (Wildman–Crippen LogP) is -1.83. The number of aliphatic carboxylic acids is 1. The molecule has 0 bridgehead atoms. The number of carboxylic acid groups (broad SMARTS) is 1. The molecular formula is C3H6K2O3. The van der Waals surface area contributed by atoms with E-state index in [4.69, 9.17) is 5.11 Å². The summed E-state index contributed by atoms with van der Waals surface area (Å²) >= 11 is 0. The van der Waals surface area contributed by atoms with Crippen molar-refractivity contribution < 1.29 is 14.6 Å². The molecule has 0 aromatic carbocycles. The van der Waals surface area contributed by atoms with Crippen molar-refractivity contribution in [3.8, 4) is 0 Å². The fraction of sp³-hybridized carbons (Fsp3) is 0.667. The first-order valence-electron chi connectivity index (χ1n) is 1.65. The average Bonchev–Trinajstić information content (AvgIpc) is 2.06. The van der Waals surface area contributed by atoms with E-state index in [-0.39, 0.29) is 103 Å². The van der Waals surface area contributed by atoms with Crippen LogP contribution in [0, 0.1) is 0 Å². The van der Waals surface area contributed by atoms with E-state index >= 15 is 0 Å². The van der Waals surface area contributed by atoms with E-state index in [1.807, 2.05) is 0 Å². The molecule has 1 rings (SSSR count). The minimum atomic E-state index is -0.852. The van der Waals surface area contributed by atoms with E-state index in [9.17, 15) is 4.79 Å². The van der Waals surface area contributed by atoms with Crippen LogP contribution in [-0.2, 0) is 9.53 Å². The standard InChI is InChI=1S/C3H4O3.2K.2H/c4-3(5)2-1-6-2;;;;/h2H,1H2,(H,4,5);;;;. The van der Waals surface area contributed by atoms with Gasteiger partial charge in [0.2, 0.25) is 0 Å². The summed E-state index contributed by atoms with van der Waals surface area (Å²) in [5.74, 6) is -0.852. The number of hydrogen-bond donors (Lipinski definition) is 1. The third-order valence-corrected chi connectivity index (χ3v) is 0.609. The third kappa shape index (κ3) is 5.48. The summed E-state index contributed by atoms with van der Waals surface area (Å²) in [5, 5.41) is 7.93. The molecule has 1 aliphatic rings. The van der Waals surface area contributed by atoms with Crippen molar-refractivity contribution in [3.05, 3.63) is 0 Å². The zero-order valence-electron chi connectivity index (χ0n) is 3.05. The van der Waals surface area contributed by atoms with Crippen molar-refractivity contribution >= 4 is 109 Å². The number of rotatable bonds is 1. The molecule has 1 N–H and O–H groups in total. The summed E-state index contributed by atoms with van der Waals surface area (Å²) in [6.45, 7) is 0.398. The molecular weight excluding hydrogens is 162 g/mol. The Balaban J connectivity index is 0. The molecule has 0 amide bonds. The Morgan fingerprint density at radius 2 is 2.00 bits per heavy atom. The van der Waals surface area contributed by atoms with Gasteiger partial charge < -0.3 is 9.84 Å². The van der Waals surface area contributed by atoms with E-state index in [1.54, 1.807) is 0 Å². The first kappa shape index (κ1) is 13.3. The Morgan fingerprint density at radius 1 is 1.62 bits per heavy atom. The monoisotopic (exact) mass is 168 g/mol. The van der Waals surface area contributed by atoms with Gasteiger partial charge in [-0.3, -0.25) is 0 Å². The average molecular weight is 168 g/mol. The Bertz CT molecular complexity index is 80.6. The molecule has 0 aromatic rings. The van der Waals surface area contributed by atoms with Gasteiger partial charge in [0.15, 0.2) is 6.10 Å². The molecule has 0 aromatic heterocycles. The molecule has 5 heteroatoms. The van der Waals surface area contributed by atoms with Crippen LogP contribution in [0.4, 0.5) is 0 Å². The van der Waals surface area contributed by atoms with E-state index in [0.717, 1.165) is 0 Å². The molecule has 38 valence electrons. The molecule has 3 nitrogen and oxygen atoms in total. The SMILES string of the molecule is O=C(O)C1CO1.[KH].[KH]. The van der Waals surface area contributed by atoms with Crippen LogP contribution in [0.1, 0.15) is 0 Å². The number of ether oxygens (including phenoxy) is 1. The van der Waals surface area contributed by atoms with Crippen LogP contribution in [0.25, 0.3) is 0 Å². The second kappa shape index (κ2) is 6.42. The number of epoxide rings is 1. The second-order valence-electron chi connectivity index (χ2n) is 1.16. The number of hydrogen-bond acceptors (Lipinski definition) is 2. The molecule has 8 heavy (non-hydrogen) atoms. The molecule has 0 saturated carbocycles. The topological polar surface area (TPSA) is 49.8 Å². The maximum absolute atomic E-state index is 9.64. The van der Waals surface area contributed by atoms with E-state index in [1.165, 1.54) is 0 Å². The summed E-state index contributed by atoms with van der Waals surface area (Å²) < 4.78 is 4.37. The van der Waals surface area contributed by atoms with Gasteiger partial charge in [-0.1, -0.05) is 0 Å². The quantitative estimate of drug-likeness (QED) is 0.370. The maximum atomic E-state index is 9.64. The third-order valence-electron chi connectivity index (χ3n) is 0.609. The van der Waals surface area contributed by atoms with Gasteiger partial charge in [0.1, 0.15) is 0 Å². The molecule has 0 radical (unpaired) electrons. The zero-order valence-corrected chi connectivity index (χ0v) is 3.05. The summed E-state index contributed by atoms with van der Waals surface area (Å²) in [5.41, 5.74) is 0. The first-order chi connectivity index (χ1) is 2.80. The Morgan fingerprint density at radius 3 is 2.00 bits per heavy atom. The van der Waals surface area contributed by atoms with Crippen LogP contribution in [0.5, 0.6) is 0 Å². The van der Waals surface area contributed by atoms with Crippen molar-refractivity contribution in [3.63, 3.8) is 0 Å². The molecule has 1 unspecified atom stereocenters. The summed E-state index contributed by atoms with van der Waals surface area (Å²) in [6, 6.07) is 0. The van der Waals surface area contributed by atoms with Crippen LogP contribution in [0.2, 0.25) is 0 Å². The van der Waals surface area contributed by atoms with Gasteiger partial charge in [-0.2, -0.15) is 0 Å². The fourth-order valence-electron chi connectivity index (χ4n) is 0.191. The molecule has 1 fully saturated rings. The van der Waals surface area contributed by atoms with Crippen molar-refractivity contribution in [2.45, 2.75) is 6.10 Å². The first-order valence-corrected chi connectivity index (χ1v) is 1.65. The summed E-state index contributed by atoms with van der Waals surface area (Å²) in [7, 11) is 0. The van der Waals surface area contributed by atoms with Crippen LogP contribution < -0.4 is 0 Å². The van der Waals surface area contributed by atoms with Gasteiger partial charge in [0.05, 0.1) is 6.61 Å². The fourth-order valence-corrected chi connectivity index (χ4v) is 0.191. The van der Waals surface area contributed by atoms with E-state index in [2.05, 4.69) is 4.74 Å². The van der Waals surface area contributed by atoms with Crippen LogP contribution in [0.15, 0.2) is 0 Å². The molecule has 1 heterocycles. The minimum absolute atomic E-state index is 0. The zero-order chi connectivity index (χ0) is 4.57. The van der Waals surface area contributed by atoms with Crippen LogP contribution >= 0.6 is 0 Å². The van der Waals surface area contributed by atoms with Gasteiger partial charge in [-0.05, 0) is 0 Å². The number of carboxylic acids is 1. The van der Waals surface area contributed by atoms with Gasteiger partial charge in [0, 0.05) is 0 Å². The molecule has 0 spiro atoms. The van der Waals surface area contributed by atoms with Crippen molar-refractivity contribution in [2.75, 3.05) is 6.61 Å². The van der Waals surface area contributed by atoms with Crippen molar-refractivity contribution in [2.24, 2.45) is 0 Å². The Kier molecular flexibility index (Phi) is 10.7. The van der Waals surface area contributed by atoms with Gasteiger partial charge >= 0.3 is 109 Å². The van der Waals surface area contributed by atoms with Gasteiger partial charge in [-0.25, -0.2) is 4.79 Å². The number of carbonyl (C=O) groups is 1. The van der Waals surface area contributed by atoms with Gasteiger partial charge in [-0.15, -0.1) is 0 Å². The van der Waals surface area contributed by atoms with E-state index < -0.39 is 12.1 Å². The Labute approximate surface area is 132 Å². The molecule has 1 aliphatic heterocycles. The molecule has 0 aliphatic carbocycles. The van der Waals surface area contributed by atoms with Crippen molar-refractivity contribution in [1.29, 1.82) is 0 Å². The van der Waals surface area contributed by atoms with Crippen molar-refractivity contribution in [1.82, 2.24) is 0 Å². The summed E-state index contributed by atoms with van der Waals surface area (Å²) in [6.07, 6.45) is -0.481. The van der Waals surface area contributed by atoms with Gasteiger partial charge in [0.25, 0.3) is 0 Å². The van der Waals surface area contributed by atoms with Crippen LogP contribution in [-0.4, -0.2) is 127 Å². The molecule has 1 atom stereocenters. The van der Waals surface area contributed by atoms with Crippen LogP contribution in [0.3, 0.4) is 0 Å².